The van der Waals surface area contributed by atoms with Crippen molar-refractivity contribution in [3.05, 3.63) is 58.6 Å². The van der Waals surface area contributed by atoms with E-state index in [4.69, 9.17) is 0 Å². The zero-order valence-corrected chi connectivity index (χ0v) is 15.6. The van der Waals surface area contributed by atoms with Gasteiger partial charge in [-0.3, -0.25) is 4.79 Å². The number of benzene rings is 2. The maximum atomic E-state index is 14.3. The number of thiazole rings is 1. The third kappa shape index (κ3) is 3.54. The predicted octanol–water partition coefficient (Wildman–Crippen LogP) is 2.61. The minimum absolute atomic E-state index is 0.00363. The van der Waals surface area contributed by atoms with E-state index >= 15 is 0 Å². The van der Waals surface area contributed by atoms with Crippen LogP contribution in [0, 0.1) is 12.7 Å². The first-order valence-electron chi connectivity index (χ1n) is 7.54. The zero-order valence-electron chi connectivity index (χ0n) is 14.0. The number of nitrogens with zero attached hydrogens (tertiary/aromatic N) is 2. The number of aryl methyl sites for hydroxylation is 1. The maximum absolute atomic E-state index is 14.3. The van der Waals surface area contributed by atoms with Crippen molar-refractivity contribution in [3.63, 3.8) is 0 Å². The van der Waals surface area contributed by atoms with Crippen LogP contribution in [-0.4, -0.2) is 26.1 Å². The van der Waals surface area contributed by atoms with Crippen molar-refractivity contribution >= 4 is 37.5 Å². The van der Waals surface area contributed by atoms with Crippen molar-refractivity contribution in [1.82, 2.24) is 4.57 Å². The number of hydrogen-bond acceptors (Lipinski definition) is 5. The largest absolute Gasteiger partial charge is 0.468 e. The molecule has 2 aromatic carbocycles. The molecule has 0 unspecified atom stereocenters. The van der Waals surface area contributed by atoms with E-state index in [-0.39, 0.29) is 21.8 Å². The summed E-state index contributed by atoms with van der Waals surface area (Å²) in [5.41, 5.74) is 1.02. The Morgan fingerprint density at radius 1 is 1.23 bits per heavy atom. The summed E-state index contributed by atoms with van der Waals surface area (Å²) in [4.78, 5) is 11.7. The van der Waals surface area contributed by atoms with Crippen LogP contribution in [-0.2, 0) is 26.1 Å². The van der Waals surface area contributed by atoms with E-state index in [1.165, 1.54) is 35.9 Å². The van der Waals surface area contributed by atoms with Gasteiger partial charge in [-0.05, 0) is 31.2 Å². The van der Waals surface area contributed by atoms with Crippen LogP contribution in [0.5, 0.6) is 0 Å². The third-order valence-electron chi connectivity index (χ3n) is 3.68. The summed E-state index contributed by atoms with van der Waals surface area (Å²) in [6.45, 7) is 1.49. The number of sulfonamides is 1. The highest BCUT2D eigenvalue weighted by Gasteiger charge is 2.18. The molecule has 0 aliphatic rings. The zero-order chi connectivity index (χ0) is 18.9. The van der Waals surface area contributed by atoms with Crippen LogP contribution in [0.4, 0.5) is 4.39 Å². The predicted molar refractivity (Wildman–Crippen MR) is 95.7 cm³/mol. The number of hydrogen-bond donors (Lipinski definition) is 0. The number of aromatic nitrogens is 1. The summed E-state index contributed by atoms with van der Waals surface area (Å²) >= 11 is 0.985. The number of rotatable bonds is 4. The van der Waals surface area contributed by atoms with Crippen LogP contribution >= 0.6 is 11.3 Å². The van der Waals surface area contributed by atoms with E-state index in [0.717, 1.165) is 16.9 Å². The molecule has 0 atom stereocenters. The normalized spacial score (nSPS) is 12.5. The highest BCUT2D eigenvalue weighted by Crippen LogP contribution is 2.21. The van der Waals surface area contributed by atoms with Gasteiger partial charge in [0.05, 0.1) is 22.2 Å². The average molecular weight is 394 g/mol. The second-order valence-electron chi connectivity index (χ2n) is 5.51. The molecule has 136 valence electrons. The Kier molecular flexibility index (Phi) is 4.92. The number of ether oxygens (including phenoxy) is 1. The van der Waals surface area contributed by atoms with E-state index in [1.807, 2.05) is 6.92 Å². The molecule has 26 heavy (non-hydrogen) atoms. The van der Waals surface area contributed by atoms with Gasteiger partial charge in [0.15, 0.2) is 0 Å². The van der Waals surface area contributed by atoms with Gasteiger partial charge < -0.3 is 9.30 Å². The minimum Gasteiger partial charge on any atom is -0.468 e. The Hall–Kier alpha value is -2.52. The molecule has 0 aliphatic carbocycles. The molecule has 6 nitrogen and oxygen atoms in total. The number of carbonyl (C=O) groups excluding carboxylic acids is 1. The van der Waals surface area contributed by atoms with Gasteiger partial charge in [0, 0.05) is 0 Å². The van der Waals surface area contributed by atoms with E-state index in [9.17, 15) is 17.6 Å². The lowest BCUT2D eigenvalue weighted by atomic mass is 10.2. The smallest absolute Gasteiger partial charge is 0.325 e. The molecule has 1 aromatic heterocycles. The summed E-state index contributed by atoms with van der Waals surface area (Å²) in [6, 6.07) is 10.6. The standard InChI is InChI=1S/C17H15FN2O4S2/c1-11-6-8-12(9-7-11)26(22,23)19-17-20(10-15(21)24-2)16-13(18)4-3-5-14(16)25-17/h3-9H,10H2,1-2H3/b19-17-. The number of methoxy groups -OCH3 is 1. The number of carbonyl (C=O) groups is 1. The summed E-state index contributed by atoms with van der Waals surface area (Å²) in [6.07, 6.45) is 0. The van der Waals surface area contributed by atoms with E-state index in [2.05, 4.69) is 9.13 Å². The third-order valence-corrected chi connectivity index (χ3v) is 6.12. The molecule has 0 saturated heterocycles. The molecule has 3 rings (SSSR count). The number of para-hydroxylation sites is 1. The molecule has 0 amide bonds. The van der Waals surface area contributed by atoms with Gasteiger partial charge in [0.1, 0.15) is 12.4 Å². The van der Waals surface area contributed by atoms with Gasteiger partial charge >= 0.3 is 5.97 Å². The number of esters is 1. The molecule has 0 radical (unpaired) electrons. The lowest BCUT2D eigenvalue weighted by molar-refractivity contribution is -0.141. The highest BCUT2D eigenvalue weighted by atomic mass is 32.2. The van der Waals surface area contributed by atoms with Crippen LogP contribution in [0.3, 0.4) is 0 Å². The van der Waals surface area contributed by atoms with Gasteiger partial charge in [-0.15, -0.1) is 4.40 Å². The van der Waals surface area contributed by atoms with Crippen LogP contribution in [0.25, 0.3) is 10.2 Å². The fourth-order valence-electron chi connectivity index (χ4n) is 2.36. The van der Waals surface area contributed by atoms with Gasteiger partial charge in [-0.1, -0.05) is 35.1 Å². The van der Waals surface area contributed by atoms with Crippen molar-refractivity contribution < 1.29 is 22.3 Å². The van der Waals surface area contributed by atoms with Crippen molar-refractivity contribution in [2.24, 2.45) is 4.40 Å². The second kappa shape index (κ2) is 7.00. The van der Waals surface area contributed by atoms with E-state index in [0.29, 0.717) is 4.70 Å². The second-order valence-corrected chi connectivity index (χ2v) is 8.13. The summed E-state index contributed by atoms with van der Waals surface area (Å²) < 4.78 is 49.6. The van der Waals surface area contributed by atoms with Crippen LogP contribution in [0.2, 0.25) is 0 Å². The van der Waals surface area contributed by atoms with Crippen molar-refractivity contribution in [2.75, 3.05) is 7.11 Å². The molecule has 9 heteroatoms. The minimum atomic E-state index is -4.02. The molecule has 3 aromatic rings. The monoisotopic (exact) mass is 394 g/mol. The van der Waals surface area contributed by atoms with Crippen LogP contribution in [0.1, 0.15) is 5.56 Å². The molecule has 0 saturated carbocycles. The Balaban J connectivity index is 2.24. The van der Waals surface area contributed by atoms with Gasteiger partial charge in [0.2, 0.25) is 4.80 Å². The summed E-state index contributed by atoms with van der Waals surface area (Å²) in [5, 5.41) is 0. The Labute approximate surface area is 153 Å². The fraction of sp³-hybridized carbons (Fsp3) is 0.176. The molecule has 0 N–H and O–H groups in total. The first-order valence-corrected chi connectivity index (χ1v) is 9.80. The summed E-state index contributed by atoms with van der Waals surface area (Å²) in [7, 11) is -2.81. The van der Waals surface area contributed by atoms with Crippen molar-refractivity contribution in [2.45, 2.75) is 18.4 Å². The number of halogens is 1. The molecule has 0 aliphatic heterocycles. The Bertz CT molecular complexity index is 1150. The Morgan fingerprint density at radius 2 is 1.92 bits per heavy atom. The van der Waals surface area contributed by atoms with E-state index in [1.54, 1.807) is 18.2 Å². The average Bonchev–Trinajstić information content (AvgIpc) is 2.93. The fourth-order valence-corrected chi connectivity index (χ4v) is 4.61. The first kappa shape index (κ1) is 18.3. The first-order chi connectivity index (χ1) is 12.3. The van der Waals surface area contributed by atoms with Gasteiger partial charge in [0.25, 0.3) is 10.0 Å². The molecular formula is C17H15FN2O4S2. The molecule has 0 fully saturated rings. The maximum Gasteiger partial charge on any atom is 0.325 e. The SMILES string of the molecule is COC(=O)Cn1/c(=N/S(=O)(=O)c2ccc(C)cc2)sc2cccc(F)c21. The molecule has 0 bridgehead atoms. The van der Waals surface area contributed by atoms with Crippen LogP contribution < -0.4 is 4.80 Å². The lowest BCUT2D eigenvalue weighted by Crippen LogP contribution is -2.23. The van der Waals surface area contributed by atoms with Gasteiger partial charge in [-0.25, -0.2) is 4.39 Å². The highest BCUT2D eigenvalue weighted by molar-refractivity contribution is 7.90. The topological polar surface area (TPSA) is 77.7 Å². The van der Waals surface area contributed by atoms with Crippen molar-refractivity contribution in [1.29, 1.82) is 0 Å². The van der Waals surface area contributed by atoms with Gasteiger partial charge in [-0.2, -0.15) is 8.42 Å². The van der Waals surface area contributed by atoms with Crippen LogP contribution in [0.15, 0.2) is 51.8 Å². The van der Waals surface area contributed by atoms with E-state index < -0.39 is 21.8 Å². The van der Waals surface area contributed by atoms with Crippen molar-refractivity contribution in [3.8, 4) is 0 Å². The molecule has 1 heterocycles. The molecule has 0 spiro atoms. The quantitative estimate of drug-likeness (QED) is 0.638. The lowest BCUT2D eigenvalue weighted by Gasteiger charge is -2.04. The Morgan fingerprint density at radius 3 is 2.58 bits per heavy atom. The molecular weight excluding hydrogens is 379 g/mol. The number of fused-ring (bicyclic) bond motifs is 1. The summed E-state index contributed by atoms with van der Waals surface area (Å²) in [5.74, 6) is -1.21.